The Kier molecular flexibility index (Phi) is 6.63. The molecule has 9 heteroatoms. The van der Waals surface area contributed by atoms with Gasteiger partial charge in [-0.15, -0.1) is 0 Å². The number of hydrazone groups is 1. The van der Waals surface area contributed by atoms with Gasteiger partial charge < -0.3 is 15.1 Å². The minimum absolute atomic E-state index is 0.259. The zero-order valence-corrected chi connectivity index (χ0v) is 19.1. The Morgan fingerprint density at radius 1 is 0.686 bits per heavy atom. The Bertz CT molecular complexity index is 1380. The van der Waals surface area contributed by atoms with Crippen LogP contribution in [0.2, 0.25) is 5.02 Å². The van der Waals surface area contributed by atoms with Crippen molar-refractivity contribution in [2.75, 3.05) is 16.1 Å². The Morgan fingerprint density at radius 2 is 1.31 bits per heavy atom. The first-order valence-electron chi connectivity index (χ1n) is 10.8. The van der Waals surface area contributed by atoms with E-state index in [4.69, 9.17) is 16.0 Å². The molecule has 35 heavy (non-hydrogen) atoms. The largest absolute Gasteiger partial charge is 0.455 e. The van der Waals surface area contributed by atoms with E-state index in [0.717, 1.165) is 16.9 Å². The van der Waals surface area contributed by atoms with E-state index < -0.39 is 0 Å². The van der Waals surface area contributed by atoms with Crippen molar-refractivity contribution < 1.29 is 4.42 Å². The third kappa shape index (κ3) is 6.01. The van der Waals surface area contributed by atoms with Gasteiger partial charge in [0.15, 0.2) is 0 Å². The molecule has 5 rings (SSSR count). The number of anilines is 5. The van der Waals surface area contributed by atoms with Crippen LogP contribution in [0.15, 0.2) is 107 Å². The van der Waals surface area contributed by atoms with E-state index >= 15 is 0 Å². The highest BCUT2D eigenvalue weighted by molar-refractivity contribution is 6.30. The van der Waals surface area contributed by atoms with E-state index in [1.807, 2.05) is 97.1 Å². The number of benzene rings is 3. The van der Waals surface area contributed by atoms with Crippen LogP contribution in [0.1, 0.15) is 5.76 Å². The van der Waals surface area contributed by atoms with Crippen LogP contribution in [0.4, 0.5) is 29.2 Å². The third-order valence-corrected chi connectivity index (χ3v) is 5.02. The number of nitrogens with zero attached hydrogens (tertiary/aromatic N) is 4. The Labute approximate surface area is 206 Å². The normalized spacial score (nSPS) is 10.9. The van der Waals surface area contributed by atoms with Crippen LogP contribution in [0.5, 0.6) is 0 Å². The molecule has 0 amide bonds. The SMILES string of the molecule is Clc1cccc(-c2ccc(/C=N/Nc3nc(Nc4ccccc4)nc(Nc4ccccc4)n3)o2)c1. The third-order valence-electron chi connectivity index (χ3n) is 4.79. The molecule has 0 aliphatic rings. The maximum atomic E-state index is 6.07. The van der Waals surface area contributed by atoms with Crippen LogP contribution in [0, 0.1) is 0 Å². The molecule has 2 heterocycles. The fourth-order valence-electron chi connectivity index (χ4n) is 3.21. The summed E-state index contributed by atoms with van der Waals surface area (Å²) in [5.41, 5.74) is 5.43. The lowest BCUT2D eigenvalue weighted by Gasteiger charge is -2.10. The van der Waals surface area contributed by atoms with Crippen LogP contribution in [0.3, 0.4) is 0 Å². The molecule has 5 aromatic rings. The van der Waals surface area contributed by atoms with Crippen molar-refractivity contribution in [2.45, 2.75) is 0 Å². The topological polar surface area (TPSA) is 100 Å². The molecule has 3 N–H and O–H groups in total. The molecular weight excluding hydrogens is 462 g/mol. The highest BCUT2D eigenvalue weighted by Crippen LogP contribution is 2.24. The number of aromatic nitrogens is 3. The molecule has 2 aromatic heterocycles. The Hall–Kier alpha value is -4.69. The molecule has 0 radical (unpaired) electrons. The zero-order valence-electron chi connectivity index (χ0n) is 18.4. The minimum atomic E-state index is 0.259. The summed E-state index contributed by atoms with van der Waals surface area (Å²) in [4.78, 5) is 13.3. The first-order chi connectivity index (χ1) is 17.2. The van der Waals surface area contributed by atoms with E-state index in [2.05, 4.69) is 36.1 Å². The highest BCUT2D eigenvalue weighted by Gasteiger charge is 2.08. The van der Waals surface area contributed by atoms with Crippen molar-refractivity contribution in [3.05, 3.63) is 108 Å². The van der Waals surface area contributed by atoms with E-state index in [1.54, 1.807) is 6.21 Å². The summed E-state index contributed by atoms with van der Waals surface area (Å²) < 4.78 is 5.84. The van der Waals surface area contributed by atoms with Gasteiger partial charge in [0, 0.05) is 22.0 Å². The summed E-state index contributed by atoms with van der Waals surface area (Å²) in [6.07, 6.45) is 1.55. The number of rotatable bonds is 8. The van der Waals surface area contributed by atoms with Gasteiger partial charge in [-0.3, -0.25) is 0 Å². The monoisotopic (exact) mass is 481 g/mol. The molecule has 0 saturated heterocycles. The van der Waals surface area contributed by atoms with Crippen LogP contribution in [-0.2, 0) is 0 Å². The maximum absolute atomic E-state index is 6.07. The lowest BCUT2D eigenvalue weighted by molar-refractivity contribution is 0.575. The van der Waals surface area contributed by atoms with Gasteiger partial charge in [-0.25, -0.2) is 5.43 Å². The summed E-state index contributed by atoms with van der Waals surface area (Å²) in [6.45, 7) is 0. The molecular formula is C26H20ClN7O. The molecule has 0 unspecified atom stereocenters. The standard InChI is InChI=1S/C26H20ClN7O/c27-19-9-7-8-18(16-19)23-15-14-22(35-23)17-28-34-26-32-24(29-20-10-3-1-4-11-20)31-25(33-26)30-21-12-5-2-6-13-21/h1-17H,(H3,29,30,31,32,33,34)/b28-17+. The molecule has 0 aliphatic carbocycles. The average molecular weight is 482 g/mol. The van der Waals surface area contributed by atoms with Crippen molar-refractivity contribution >= 4 is 47.0 Å². The lowest BCUT2D eigenvalue weighted by Crippen LogP contribution is -2.07. The molecule has 3 aromatic carbocycles. The van der Waals surface area contributed by atoms with Crippen molar-refractivity contribution in [1.82, 2.24) is 15.0 Å². The molecule has 0 saturated carbocycles. The zero-order chi connectivity index (χ0) is 23.9. The van der Waals surface area contributed by atoms with Crippen LogP contribution >= 0.6 is 11.6 Å². The second-order valence-electron chi connectivity index (χ2n) is 7.37. The molecule has 8 nitrogen and oxygen atoms in total. The average Bonchev–Trinajstić information content (AvgIpc) is 3.34. The quantitative estimate of drug-likeness (QED) is 0.167. The van der Waals surface area contributed by atoms with Crippen molar-refractivity contribution in [1.29, 1.82) is 0 Å². The first-order valence-corrected chi connectivity index (χ1v) is 11.1. The summed E-state index contributed by atoms with van der Waals surface area (Å²) in [5, 5.41) is 11.2. The van der Waals surface area contributed by atoms with E-state index in [0.29, 0.717) is 28.4 Å². The number of para-hydroxylation sites is 2. The molecule has 0 aliphatic heterocycles. The predicted octanol–water partition coefficient (Wildman–Crippen LogP) is 6.72. The van der Waals surface area contributed by atoms with Gasteiger partial charge in [-0.1, -0.05) is 60.1 Å². The van der Waals surface area contributed by atoms with Gasteiger partial charge in [-0.05, 0) is 48.5 Å². The highest BCUT2D eigenvalue weighted by atomic mass is 35.5. The maximum Gasteiger partial charge on any atom is 0.250 e. The van der Waals surface area contributed by atoms with E-state index in [-0.39, 0.29) is 5.95 Å². The smallest absolute Gasteiger partial charge is 0.250 e. The summed E-state index contributed by atoms with van der Waals surface area (Å²) in [6, 6.07) is 30.4. The van der Waals surface area contributed by atoms with Crippen LogP contribution in [0.25, 0.3) is 11.3 Å². The van der Waals surface area contributed by atoms with Gasteiger partial charge in [0.25, 0.3) is 0 Å². The van der Waals surface area contributed by atoms with Gasteiger partial charge in [0.05, 0.1) is 6.21 Å². The van der Waals surface area contributed by atoms with E-state index in [9.17, 15) is 0 Å². The second kappa shape index (κ2) is 10.5. The minimum Gasteiger partial charge on any atom is -0.455 e. The van der Waals surface area contributed by atoms with Gasteiger partial charge >= 0.3 is 0 Å². The fraction of sp³-hybridized carbons (Fsp3) is 0. The predicted molar refractivity (Wildman–Crippen MR) is 140 cm³/mol. The number of nitrogens with one attached hydrogen (secondary N) is 3. The van der Waals surface area contributed by atoms with Crippen molar-refractivity contribution in [3.63, 3.8) is 0 Å². The van der Waals surface area contributed by atoms with Crippen molar-refractivity contribution in [2.24, 2.45) is 5.10 Å². The van der Waals surface area contributed by atoms with E-state index in [1.165, 1.54) is 0 Å². The van der Waals surface area contributed by atoms with Crippen LogP contribution in [-0.4, -0.2) is 21.2 Å². The molecule has 172 valence electrons. The van der Waals surface area contributed by atoms with Gasteiger partial charge in [-0.2, -0.15) is 20.1 Å². The molecule has 0 spiro atoms. The van der Waals surface area contributed by atoms with Gasteiger partial charge in [0.1, 0.15) is 11.5 Å². The Morgan fingerprint density at radius 3 is 1.94 bits per heavy atom. The number of hydrogen-bond acceptors (Lipinski definition) is 8. The molecule has 0 bridgehead atoms. The van der Waals surface area contributed by atoms with Crippen molar-refractivity contribution in [3.8, 4) is 11.3 Å². The van der Waals surface area contributed by atoms with Gasteiger partial charge in [0.2, 0.25) is 17.8 Å². The Balaban J connectivity index is 1.34. The lowest BCUT2D eigenvalue weighted by atomic mass is 10.2. The number of furan rings is 1. The number of hydrogen-bond donors (Lipinski definition) is 3. The molecule has 0 fully saturated rings. The summed E-state index contributed by atoms with van der Waals surface area (Å²) in [7, 11) is 0. The first kappa shape index (κ1) is 22.1. The number of halogens is 1. The molecule has 0 atom stereocenters. The fourth-order valence-corrected chi connectivity index (χ4v) is 3.40. The summed E-state index contributed by atoms with van der Waals surface area (Å²) in [5.74, 6) is 2.24. The second-order valence-corrected chi connectivity index (χ2v) is 7.81. The van der Waals surface area contributed by atoms with Crippen LogP contribution < -0.4 is 16.1 Å². The summed E-state index contributed by atoms with van der Waals surface area (Å²) >= 11 is 6.07.